The van der Waals surface area contributed by atoms with Crippen LogP contribution >= 0.6 is 0 Å². The van der Waals surface area contributed by atoms with Crippen molar-refractivity contribution in [2.75, 3.05) is 25.0 Å². The number of aryl methyl sites for hydroxylation is 2. The van der Waals surface area contributed by atoms with Gasteiger partial charge in [-0.1, -0.05) is 42.5 Å². The van der Waals surface area contributed by atoms with Gasteiger partial charge in [0.15, 0.2) is 0 Å². The van der Waals surface area contributed by atoms with Crippen molar-refractivity contribution >= 4 is 28.3 Å². The largest absolute Gasteiger partial charge is 0.339 e. The van der Waals surface area contributed by atoms with Crippen LogP contribution in [0.15, 0.2) is 60.7 Å². The Bertz CT molecular complexity index is 1070. The van der Waals surface area contributed by atoms with E-state index in [-0.39, 0.29) is 17.7 Å². The standard InChI is InChI=1S/C26H28N2O2/c1-18-15-19(2)17-22(16-18)27(3)25(29)21-11-13-28(14-12-21)26(30)24-10-6-8-20-7-4-5-9-23(20)24/h4-10,15-17,21H,11-14H2,1-3H3. The number of likely N-dealkylation sites (tertiary alicyclic amines) is 1. The van der Waals surface area contributed by atoms with Crippen molar-refractivity contribution in [2.24, 2.45) is 5.92 Å². The van der Waals surface area contributed by atoms with Gasteiger partial charge < -0.3 is 9.80 Å². The van der Waals surface area contributed by atoms with Gasteiger partial charge in [-0.15, -0.1) is 0 Å². The highest BCUT2D eigenvalue weighted by atomic mass is 16.2. The van der Waals surface area contributed by atoms with Crippen molar-refractivity contribution < 1.29 is 9.59 Å². The van der Waals surface area contributed by atoms with Gasteiger partial charge in [0.25, 0.3) is 5.91 Å². The first-order valence-electron chi connectivity index (χ1n) is 10.6. The van der Waals surface area contributed by atoms with E-state index in [1.165, 1.54) is 0 Å². The van der Waals surface area contributed by atoms with E-state index in [2.05, 4.69) is 6.07 Å². The van der Waals surface area contributed by atoms with Gasteiger partial charge in [-0.3, -0.25) is 9.59 Å². The summed E-state index contributed by atoms with van der Waals surface area (Å²) in [6.07, 6.45) is 1.40. The molecule has 1 aliphatic rings. The maximum atomic E-state index is 13.2. The second kappa shape index (κ2) is 8.31. The first-order chi connectivity index (χ1) is 14.4. The van der Waals surface area contributed by atoms with E-state index in [1.807, 2.05) is 80.4 Å². The number of anilines is 1. The highest BCUT2D eigenvalue weighted by molar-refractivity contribution is 6.07. The maximum absolute atomic E-state index is 13.2. The summed E-state index contributed by atoms with van der Waals surface area (Å²) in [6.45, 7) is 5.32. The topological polar surface area (TPSA) is 40.6 Å². The van der Waals surface area contributed by atoms with Crippen LogP contribution in [-0.2, 0) is 4.79 Å². The minimum absolute atomic E-state index is 0.0487. The number of carbonyl (C=O) groups is 2. The lowest BCUT2D eigenvalue weighted by Crippen LogP contribution is -2.43. The second-order valence-corrected chi connectivity index (χ2v) is 8.34. The van der Waals surface area contributed by atoms with E-state index in [9.17, 15) is 9.59 Å². The lowest BCUT2D eigenvalue weighted by atomic mass is 9.94. The number of amides is 2. The molecule has 0 atom stereocenters. The van der Waals surface area contributed by atoms with Crippen LogP contribution in [0.2, 0.25) is 0 Å². The summed E-state index contributed by atoms with van der Waals surface area (Å²) in [5.74, 6) is 0.144. The molecule has 0 aliphatic carbocycles. The number of carbonyl (C=O) groups excluding carboxylic acids is 2. The summed E-state index contributed by atoms with van der Waals surface area (Å²) >= 11 is 0. The van der Waals surface area contributed by atoms with E-state index in [1.54, 1.807) is 4.90 Å². The quantitative estimate of drug-likeness (QED) is 0.623. The fourth-order valence-electron chi connectivity index (χ4n) is 4.46. The Morgan fingerprint density at radius 1 is 0.900 bits per heavy atom. The van der Waals surface area contributed by atoms with E-state index in [4.69, 9.17) is 0 Å². The summed E-state index contributed by atoms with van der Waals surface area (Å²) in [6, 6.07) is 20.0. The van der Waals surface area contributed by atoms with E-state index in [0.29, 0.717) is 25.9 Å². The third-order valence-corrected chi connectivity index (χ3v) is 6.08. The molecule has 3 aromatic rings. The van der Waals surface area contributed by atoms with Crippen LogP contribution in [0.1, 0.15) is 34.3 Å². The molecule has 0 unspecified atom stereocenters. The molecule has 2 amide bonds. The van der Waals surface area contributed by atoms with Gasteiger partial charge in [0.05, 0.1) is 0 Å². The van der Waals surface area contributed by atoms with Gasteiger partial charge in [-0.05, 0) is 66.8 Å². The number of benzene rings is 3. The van der Waals surface area contributed by atoms with Crippen LogP contribution < -0.4 is 4.90 Å². The van der Waals surface area contributed by atoms with Crippen molar-refractivity contribution in [3.05, 3.63) is 77.4 Å². The minimum atomic E-state index is -0.0487. The molecule has 0 saturated carbocycles. The van der Waals surface area contributed by atoms with Crippen molar-refractivity contribution in [1.29, 1.82) is 0 Å². The zero-order valence-electron chi connectivity index (χ0n) is 17.9. The summed E-state index contributed by atoms with van der Waals surface area (Å²) in [5.41, 5.74) is 3.98. The lowest BCUT2D eigenvalue weighted by molar-refractivity contribution is -0.123. The number of hydrogen-bond acceptors (Lipinski definition) is 2. The predicted molar refractivity (Wildman–Crippen MR) is 122 cm³/mol. The van der Waals surface area contributed by atoms with Gasteiger partial charge >= 0.3 is 0 Å². The van der Waals surface area contributed by atoms with Crippen LogP contribution in [0.3, 0.4) is 0 Å². The van der Waals surface area contributed by atoms with E-state index < -0.39 is 0 Å². The number of piperidine rings is 1. The van der Waals surface area contributed by atoms with Crippen LogP contribution in [0.25, 0.3) is 10.8 Å². The van der Waals surface area contributed by atoms with Gasteiger partial charge in [0.1, 0.15) is 0 Å². The molecule has 1 aliphatic heterocycles. The van der Waals surface area contributed by atoms with Crippen LogP contribution in [0.4, 0.5) is 5.69 Å². The fraction of sp³-hybridized carbons (Fsp3) is 0.308. The Labute approximate surface area is 178 Å². The van der Waals surface area contributed by atoms with E-state index in [0.717, 1.165) is 33.2 Å². The Balaban J connectivity index is 1.44. The van der Waals surface area contributed by atoms with Gasteiger partial charge in [-0.2, -0.15) is 0 Å². The zero-order valence-corrected chi connectivity index (χ0v) is 17.9. The molecule has 0 radical (unpaired) electrons. The predicted octanol–water partition coefficient (Wildman–Crippen LogP) is 4.97. The van der Waals surface area contributed by atoms with Gasteiger partial charge in [-0.25, -0.2) is 0 Å². The third-order valence-electron chi connectivity index (χ3n) is 6.08. The minimum Gasteiger partial charge on any atom is -0.339 e. The van der Waals surface area contributed by atoms with Crippen LogP contribution in [-0.4, -0.2) is 36.9 Å². The molecule has 0 aromatic heterocycles. The summed E-state index contributed by atoms with van der Waals surface area (Å²) in [4.78, 5) is 29.9. The number of rotatable bonds is 3. The third kappa shape index (κ3) is 3.95. The molecule has 4 nitrogen and oxygen atoms in total. The lowest BCUT2D eigenvalue weighted by Gasteiger charge is -2.33. The molecule has 0 N–H and O–H groups in total. The zero-order chi connectivity index (χ0) is 21.3. The number of fused-ring (bicyclic) bond motifs is 1. The van der Waals surface area contributed by atoms with Gasteiger partial charge in [0.2, 0.25) is 5.91 Å². The molecular formula is C26H28N2O2. The molecule has 1 heterocycles. The molecular weight excluding hydrogens is 372 g/mol. The van der Waals surface area contributed by atoms with Gasteiger partial charge in [0, 0.05) is 37.3 Å². The maximum Gasteiger partial charge on any atom is 0.254 e. The summed E-state index contributed by atoms with van der Waals surface area (Å²) in [7, 11) is 1.85. The van der Waals surface area contributed by atoms with Crippen LogP contribution in [0, 0.1) is 19.8 Å². The summed E-state index contributed by atoms with van der Waals surface area (Å²) < 4.78 is 0. The smallest absolute Gasteiger partial charge is 0.254 e. The normalized spacial score (nSPS) is 14.7. The molecule has 3 aromatic carbocycles. The molecule has 1 saturated heterocycles. The molecule has 30 heavy (non-hydrogen) atoms. The van der Waals surface area contributed by atoms with Crippen molar-refractivity contribution in [3.8, 4) is 0 Å². The summed E-state index contributed by atoms with van der Waals surface area (Å²) in [5, 5.41) is 2.06. The Morgan fingerprint density at radius 2 is 1.53 bits per heavy atom. The van der Waals surface area contributed by atoms with Crippen LogP contribution in [0.5, 0.6) is 0 Å². The fourth-order valence-corrected chi connectivity index (χ4v) is 4.46. The Hall–Kier alpha value is -3.14. The molecule has 0 spiro atoms. The number of hydrogen-bond donors (Lipinski definition) is 0. The SMILES string of the molecule is Cc1cc(C)cc(N(C)C(=O)C2CCN(C(=O)c3cccc4ccccc34)CC2)c1. The highest BCUT2D eigenvalue weighted by Gasteiger charge is 2.30. The Kier molecular flexibility index (Phi) is 5.58. The van der Waals surface area contributed by atoms with Crippen molar-refractivity contribution in [1.82, 2.24) is 4.90 Å². The molecule has 1 fully saturated rings. The first-order valence-corrected chi connectivity index (χ1v) is 10.6. The first kappa shape index (κ1) is 20.1. The molecule has 154 valence electrons. The van der Waals surface area contributed by atoms with Crippen molar-refractivity contribution in [3.63, 3.8) is 0 Å². The molecule has 4 rings (SSSR count). The van der Waals surface area contributed by atoms with E-state index >= 15 is 0 Å². The average Bonchev–Trinajstić information content (AvgIpc) is 2.76. The number of nitrogens with zero attached hydrogens (tertiary/aromatic N) is 2. The highest BCUT2D eigenvalue weighted by Crippen LogP contribution is 2.26. The Morgan fingerprint density at radius 3 is 2.23 bits per heavy atom. The molecule has 0 bridgehead atoms. The van der Waals surface area contributed by atoms with Crippen molar-refractivity contribution in [2.45, 2.75) is 26.7 Å². The second-order valence-electron chi connectivity index (χ2n) is 8.34. The monoisotopic (exact) mass is 400 g/mol. The molecule has 4 heteroatoms. The average molecular weight is 401 g/mol.